The van der Waals surface area contributed by atoms with E-state index in [-0.39, 0.29) is 17.8 Å². The minimum Gasteiger partial charge on any atom is -0.489 e. The van der Waals surface area contributed by atoms with Crippen molar-refractivity contribution in [1.82, 2.24) is 15.0 Å². The number of alkyl halides is 3. The van der Waals surface area contributed by atoms with Crippen LogP contribution in [0, 0.1) is 0 Å². The molecule has 2 unspecified atom stereocenters. The van der Waals surface area contributed by atoms with Gasteiger partial charge in [0.25, 0.3) is 5.89 Å². The molecule has 1 fully saturated rings. The van der Waals surface area contributed by atoms with E-state index in [2.05, 4.69) is 10.1 Å². The van der Waals surface area contributed by atoms with Crippen molar-refractivity contribution in [3.63, 3.8) is 0 Å². The van der Waals surface area contributed by atoms with Gasteiger partial charge in [-0.3, -0.25) is 9.69 Å². The first-order valence-corrected chi connectivity index (χ1v) is 11.3. The summed E-state index contributed by atoms with van der Waals surface area (Å²) >= 11 is 0. The summed E-state index contributed by atoms with van der Waals surface area (Å²) in [5, 5.41) is 3.61. The topological polar surface area (TPSA) is 94.5 Å². The lowest BCUT2D eigenvalue weighted by Gasteiger charge is -2.38. The number of primary amides is 1. The molecular weight excluding hydrogens is 461 g/mol. The number of hydrogen-bond donors (Lipinski definition) is 1. The number of carbonyl (C=O) groups excluding carboxylic acids is 1. The molecule has 2 heterocycles. The van der Waals surface area contributed by atoms with Crippen LogP contribution in [0.1, 0.15) is 43.7 Å². The maximum atomic E-state index is 13.0. The van der Waals surface area contributed by atoms with E-state index < -0.39 is 23.2 Å². The van der Waals surface area contributed by atoms with Crippen molar-refractivity contribution in [2.45, 2.75) is 50.4 Å². The molecule has 3 atom stereocenters. The Morgan fingerprint density at radius 3 is 2.63 bits per heavy atom. The van der Waals surface area contributed by atoms with Gasteiger partial charge in [-0.1, -0.05) is 30.3 Å². The van der Waals surface area contributed by atoms with E-state index in [9.17, 15) is 18.0 Å². The molecular formula is C25H27F3N4O3. The molecule has 1 amide bonds. The molecule has 35 heavy (non-hydrogen) atoms. The maximum Gasteiger partial charge on any atom is 0.416 e. The Labute approximate surface area is 201 Å². The van der Waals surface area contributed by atoms with Gasteiger partial charge in [0.2, 0.25) is 5.91 Å². The lowest BCUT2D eigenvalue weighted by Crippen LogP contribution is -2.55. The van der Waals surface area contributed by atoms with Crippen molar-refractivity contribution >= 4 is 5.91 Å². The van der Waals surface area contributed by atoms with Crippen LogP contribution < -0.4 is 10.5 Å². The largest absolute Gasteiger partial charge is 0.489 e. The number of hydrogen-bond acceptors (Lipinski definition) is 6. The Bertz CT molecular complexity index is 1150. The molecule has 1 saturated heterocycles. The van der Waals surface area contributed by atoms with Crippen LogP contribution in [0.4, 0.5) is 13.2 Å². The highest BCUT2D eigenvalue weighted by Gasteiger charge is 2.43. The van der Waals surface area contributed by atoms with Crippen molar-refractivity contribution in [3.8, 4) is 17.2 Å². The second-order valence-corrected chi connectivity index (χ2v) is 9.11. The molecule has 0 saturated carbocycles. The summed E-state index contributed by atoms with van der Waals surface area (Å²) in [5.74, 6) is 0.136. The van der Waals surface area contributed by atoms with Gasteiger partial charge in [0.15, 0.2) is 6.33 Å². The average Bonchev–Trinajstić information content (AvgIpc) is 3.51. The predicted octanol–water partition coefficient (Wildman–Crippen LogP) is 4.65. The number of likely N-dealkylation sites (tertiary alicyclic amines) is 1. The summed E-state index contributed by atoms with van der Waals surface area (Å²) < 4.78 is 50.0. The van der Waals surface area contributed by atoms with Crippen LogP contribution in [0.25, 0.3) is 11.5 Å². The van der Waals surface area contributed by atoms with Gasteiger partial charge in [-0.25, -0.2) is 0 Å². The Kier molecular flexibility index (Phi) is 6.84. The molecule has 1 aliphatic heterocycles. The fraction of sp³-hybridized carbons (Fsp3) is 0.400. The number of benzene rings is 2. The Morgan fingerprint density at radius 1 is 1.26 bits per heavy atom. The first kappa shape index (κ1) is 24.7. The molecule has 2 aromatic carbocycles. The first-order chi connectivity index (χ1) is 16.6. The molecule has 0 bridgehead atoms. The molecule has 0 radical (unpaired) electrons. The van der Waals surface area contributed by atoms with Crippen LogP contribution in [-0.4, -0.2) is 45.7 Å². The monoisotopic (exact) mass is 488 g/mol. The molecule has 0 spiro atoms. The molecule has 3 aromatic rings. The van der Waals surface area contributed by atoms with Crippen molar-refractivity contribution in [2.24, 2.45) is 5.73 Å². The number of halogens is 3. The van der Waals surface area contributed by atoms with Crippen LogP contribution in [0.5, 0.6) is 5.75 Å². The summed E-state index contributed by atoms with van der Waals surface area (Å²) in [6.07, 6.45) is -2.40. The molecule has 1 aromatic heterocycles. The fourth-order valence-electron chi connectivity index (χ4n) is 4.56. The van der Waals surface area contributed by atoms with Gasteiger partial charge in [-0.05, 0) is 61.6 Å². The van der Waals surface area contributed by atoms with E-state index >= 15 is 0 Å². The maximum absolute atomic E-state index is 13.0. The van der Waals surface area contributed by atoms with Gasteiger partial charge in [0, 0.05) is 18.7 Å². The Morgan fingerprint density at radius 2 is 2.00 bits per heavy atom. The van der Waals surface area contributed by atoms with Crippen LogP contribution in [0.3, 0.4) is 0 Å². The van der Waals surface area contributed by atoms with E-state index in [0.717, 1.165) is 23.3 Å². The van der Waals surface area contributed by atoms with Crippen molar-refractivity contribution in [1.29, 1.82) is 0 Å². The zero-order valence-electron chi connectivity index (χ0n) is 19.5. The van der Waals surface area contributed by atoms with Gasteiger partial charge < -0.3 is 15.0 Å². The lowest BCUT2D eigenvalue weighted by molar-refractivity contribution is -0.137. The standard InChI is InChI=1S/C25H27F3N4O3/c1-16(17-6-8-18(9-7-17)22-30-15-31-35-22)13-24(2,23(29)33)32-11-10-21(14-32)34-20-5-3-4-19(12-20)25(26,27)28/h3-9,12,15-16,21H,10-11,13-14H2,1-2H3,(H2,29,33)/t16-,21?,24?/m0/s1. The summed E-state index contributed by atoms with van der Waals surface area (Å²) in [4.78, 5) is 18.6. The van der Waals surface area contributed by atoms with Gasteiger partial charge >= 0.3 is 6.18 Å². The molecule has 7 nitrogen and oxygen atoms in total. The number of amides is 1. The second-order valence-electron chi connectivity index (χ2n) is 9.11. The average molecular weight is 489 g/mol. The summed E-state index contributed by atoms with van der Waals surface area (Å²) in [6, 6.07) is 12.5. The van der Waals surface area contributed by atoms with E-state index in [1.807, 2.05) is 43.0 Å². The van der Waals surface area contributed by atoms with E-state index in [4.69, 9.17) is 15.0 Å². The molecule has 2 N–H and O–H groups in total. The number of carbonyl (C=O) groups is 1. The minimum absolute atomic E-state index is 0.00710. The molecule has 1 aliphatic rings. The summed E-state index contributed by atoms with van der Waals surface area (Å²) in [5.41, 5.74) is 5.97. The zero-order valence-corrected chi connectivity index (χ0v) is 19.5. The van der Waals surface area contributed by atoms with Gasteiger partial charge in [-0.2, -0.15) is 18.2 Å². The normalized spacial score (nSPS) is 19.3. The third-order valence-electron chi connectivity index (χ3n) is 6.63. The number of ether oxygens (including phenoxy) is 1. The lowest BCUT2D eigenvalue weighted by atomic mass is 9.84. The molecule has 186 valence electrons. The van der Waals surface area contributed by atoms with Crippen molar-refractivity contribution in [3.05, 3.63) is 66.0 Å². The number of rotatable bonds is 8. The van der Waals surface area contributed by atoms with Crippen LogP contribution in [0.15, 0.2) is 59.4 Å². The van der Waals surface area contributed by atoms with Crippen LogP contribution >= 0.6 is 0 Å². The Hall–Kier alpha value is -3.40. The minimum atomic E-state index is -4.44. The van der Waals surface area contributed by atoms with Crippen molar-refractivity contribution in [2.75, 3.05) is 13.1 Å². The van der Waals surface area contributed by atoms with Gasteiger partial charge in [0.05, 0.1) is 11.1 Å². The summed E-state index contributed by atoms with van der Waals surface area (Å²) in [7, 11) is 0. The SMILES string of the molecule is C[C@@H](CC(C)(C(N)=O)N1CCC(Oc2cccc(C(F)(F)F)c2)C1)c1ccc(-c2ncno2)cc1. The van der Waals surface area contributed by atoms with Gasteiger partial charge in [-0.15, -0.1) is 0 Å². The first-order valence-electron chi connectivity index (χ1n) is 11.3. The van der Waals surface area contributed by atoms with E-state index in [0.29, 0.717) is 31.8 Å². The highest BCUT2D eigenvalue weighted by Crippen LogP contribution is 2.35. The summed E-state index contributed by atoms with van der Waals surface area (Å²) in [6.45, 7) is 4.77. The third kappa shape index (κ3) is 5.48. The Balaban J connectivity index is 1.43. The predicted molar refractivity (Wildman–Crippen MR) is 122 cm³/mol. The number of aromatic nitrogens is 2. The highest BCUT2D eigenvalue weighted by molar-refractivity contribution is 5.84. The van der Waals surface area contributed by atoms with E-state index in [1.54, 1.807) is 0 Å². The third-order valence-corrected chi connectivity index (χ3v) is 6.63. The van der Waals surface area contributed by atoms with Gasteiger partial charge in [0.1, 0.15) is 11.9 Å². The number of nitrogens with zero attached hydrogens (tertiary/aromatic N) is 3. The number of nitrogens with two attached hydrogens (primary N) is 1. The molecule has 10 heteroatoms. The van der Waals surface area contributed by atoms with E-state index in [1.165, 1.54) is 18.5 Å². The molecule has 0 aliphatic carbocycles. The molecule has 4 rings (SSSR count). The quantitative estimate of drug-likeness (QED) is 0.496. The van der Waals surface area contributed by atoms with Crippen LogP contribution in [-0.2, 0) is 11.0 Å². The highest BCUT2D eigenvalue weighted by atomic mass is 19.4. The van der Waals surface area contributed by atoms with Crippen LogP contribution in [0.2, 0.25) is 0 Å². The smallest absolute Gasteiger partial charge is 0.416 e. The zero-order chi connectivity index (χ0) is 25.2. The second kappa shape index (κ2) is 9.69. The van der Waals surface area contributed by atoms with Crippen molar-refractivity contribution < 1.29 is 27.2 Å². The fourth-order valence-corrected chi connectivity index (χ4v) is 4.56.